The van der Waals surface area contributed by atoms with Gasteiger partial charge >= 0.3 is 0 Å². The maximum atomic E-state index is 11.8. The van der Waals surface area contributed by atoms with Crippen molar-refractivity contribution in [1.29, 1.82) is 0 Å². The van der Waals surface area contributed by atoms with Gasteiger partial charge in [0.1, 0.15) is 0 Å². The molecule has 1 aliphatic rings. The van der Waals surface area contributed by atoms with E-state index in [0.717, 1.165) is 6.42 Å². The van der Waals surface area contributed by atoms with Crippen LogP contribution in [0.2, 0.25) is 0 Å². The molecular weight excluding hydrogens is 287 g/mol. The van der Waals surface area contributed by atoms with Gasteiger partial charge in [-0.1, -0.05) is 82.6 Å². The van der Waals surface area contributed by atoms with Crippen molar-refractivity contribution in [3.05, 3.63) is 35.4 Å². The average molecular weight is 318 g/mol. The SMILES string of the molecule is CCCCCCCC(P=O)c1ccccc1C1CCCCC1. The lowest BCUT2D eigenvalue weighted by atomic mass is 9.81. The Morgan fingerprint density at radius 3 is 2.50 bits per heavy atom. The Kier molecular flexibility index (Phi) is 8.16. The van der Waals surface area contributed by atoms with Gasteiger partial charge in [-0.2, -0.15) is 0 Å². The smallest absolute Gasteiger partial charge is 0.163 e. The van der Waals surface area contributed by atoms with Crippen LogP contribution in [0.1, 0.15) is 100 Å². The minimum Gasteiger partial charge on any atom is -0.274 e. The lowest BCUT2D eigenvalue weighted by molar-refractivity contribution is 0.440. The molecule has 1 saturated carbocycles. The Morgan fingerprint density at radius 2 is 1.77 bits per heavy atom. The summed E-state index contributed by atoms with van der Waals surface area (Å²) >= 11 is 0. The standard InChI is InChI=1S/C20H31OP/c1-2-3-4-5-9-16-20(22-21)19-15-11-10-14-18(19)17-12-7-6-8-13-17/h10-11,14-15,17,20H,2-9,12-13,16H2,1H3. The van der Waals surface area contributed by atoms with Crippen LogP contribution in [0.15, 0.2) is 24.3 Å². The van der Waals surface area contributed by atoms with E-state index in [0.29, 0.717) is 14.4 Å². The molecule has 1 aliphatic carbocycles. The van der Waals surface area contributed by atoms with Gasteiger partial charge in [0.25, 0.3) is 0 Å². The molecule has 1 aromatic carbocycles. The fourth-order valence-electron chi connectivity index (χ4n) is 3.81. The summed E-state index contributed by atoms with van der Waals surface area (Å²) < 4.78 is 11.8. The quantitative estimate of drug-likeness (QED) is 0.342. The van der Waals surface area contributed by atoms with Gasteiger partial charge in [0.15, 0.2) is 8.46 Å². The minimum absolute atomic E-state index is 0.208. The van der Waals surface area contributed by atoms with E-state index < -0.39 is 0 Å². The third kappa shape index (κ3) is 5.20. The summed E-state index contributed by atoms with van der Waals surface area (Å²) in [7, 11) is 0.307. The Bertz CT molecular complexity index is 437. The topological polar surface area (TPSA) is 17.1 Å². The monoisotopic (exact) mass is 318 g/mol. The van der Waals surface area contributed by atoms with E-state index in [9.17, 15) is 4.57 Å². The molecule has 0 saturated heterocycles. The van der Waals surface area contributed by atoms with E-state index in [-0.39, 0.29) is 5.66 Å². The highest BCUT2D eigenvalue weighted by Gasteiger charge is 2.22. The second kappa shape index (κ2) is 10.2. The normalized spacial score (nSPS) is 17.7. The molecule has 0 aromatic heterocycles. The molecule has 22 heavy (non-hydrogen) atoms. The molecule has 1 atom stereocenters. The van der Waals surface area contributed by atoms with Crippen LogP contribution in [0.25, 0.3) is 0 Å². The number of benzene rings is 1. The van der Waals surface area contributed by atoms with Crippen LogP contribution in [0, 0.1) is 0 Å². The molecule has 0 heterocycles. The van der Waals surface area contributed by atoms with Gasteiger partial charge in [0.05, 0.1) is 5.66 Å². The van der Waals surface area contributed by atoms with Crippen molar-refractivity contribution in [2.24, 2.45) is 0 Å². The molecule has 0 aliphatic heterocycles. The third-order valence-corrected chi connectivity index (χ3v) is 5.90. The molecule has 2 rings (SSSR count). The first-order valence-corrected chi connectivity index (χ1v) is 10.2. The summed E-state index contributed by atoms with van der Waals surface area (Å²) in [5.41, 5.74) is 3.06. The van der Waals surface area contributed by atoms with Gasteiger partial charge in [-0.15, -0.1) is 0 Å². The van der Waals surface area contributed by atoms with Crippen molar-refractivity contribution in [2.75, 3.05) is 0 Å². The van der Waals surface area contributed by atoms with Crippen LogP contribution < -0.4 is 0 Å². The Morgan fingerprint density at radius 1 is 1.05 bits per heavy atom. The molecule has 1 unspecified atom stereocenters. The summed E-state index contributed by atoms with van der Waals surface area (Å²) in [6.45, 7) is 2.25. The fraction of sp³-hybridized carbons (Fsp3) is 0.700. The van der Waals surface area contributed by atoms with Crippen molar-refractivity contribution in [3.63, 3.8) is 0 Å². The van der Waals surface area contributed by atoms with E-state index in [2.05, 4.69) is 31.2 Å². The van der Waals surface area contributed by atoms with Gasteiger partial charge in [-0.25, -0.2) is 0 Å². The maximum absolute atomic E-state index is 11.8. The van der Waals surface area contributed by atoms with Crippen molar-refractivity contribution < 1.29 is 4.57 Å². The lowest BCUT2D eigenvalue weighted by Crippen LogP contribution is -2.08. The van der Waals surface area contributed by atoms with Crippen molar-refractivity contribution in [1.82, 2.24) is 0 Å². The first-order chi connectivity index (χ1) is 10.9. The van der Waals surface area contributed by atoms with Gasteiger partial charge < -0.3 is 0 Å². The zero-order chi connectivity index (χ0) is 15.6. The largest absolute Gasteiger partial charge is 0.274 e. The summed E-state index contributed by atoms with van der Waals surface area (Å²) in [6, 6.07) is 8.80. The molecular formula is C20H31OP. The predicted molar refractivity (Wildman–Crippen MR) is 96.0 cm³/mol. The van der Waals surface area contributed by atoms with Gasteiger partial charge in [0.2, 0.25) is 0 Å². The molecule has 0 radical (unpaired) electrons. The molecule has 1 nitrogen and oxygen atoms in total. The van der Waals surface area contributed by atoms with Crippen molar-refractivity contribution in [3.8, 4) is 0 Å². The Labute approximate surface area is 138 Å². The Balaban J connectivity index is 2.00. The highest BCUT2D eigenvalue weighted by Crippen LogP contribution is 2.41. The van der Waals surface area contributed by atoms with Crippen molar-refractivity contribution in [2.45, 2.75) is 89.1 Å². The summed E-state index contributed by atoms with van der Waals surface area (Å²) in [5.74, 6) is 0.703. The van der Waals surface area contributed by atoms with E-state index in [1.54, 1.807) is 0 Å². The number of unbranched alkanes of at least 4 members (excludes halogenated alkanes) is 4. The van der Waals surface area contributed by atoms with E-state index in [1.807, 2.05) is 0 Å². The predicted octanol–water partition coefficient (Wildman–Crippen LogP) is 7.43. The summed E-state index contributed by atoms with van der Waals surface area (Å²) in [4.78, 5) is 0. The van der Waals surface area contributed by atoms with Crippen LogP contribution in [-0.2, 0) is 4.57 Å². The number of hydrogen-bond donors (Lipinski definition) is 0. The highest BCUT2D eigenvalue weighted by molar-refractivity contribution is 7.24. The zero-order valence-corrected chi connectivity index (χ0v) is 15.0. The first kappa shape index (κ1) is 17.7. The molecule has 122 valence electrons. The van der Waals surface area contributed by atoms with Crippen LogP contribution in [0.3, 0.4) is 0 Å². The van der Waals surface area contributed by atoms with Crippen molar-refractivity contribution >= 4 is 8.46 Å². The van der Waals surface area contributed by atoms with Crippen LogP contribution >= 0.6 is 8.46 Å². The molecule has 2 heteroatoms. The molecule has 0 bridgehead atoms. The number of hydrogen-bond acceptors (Lipinski definition) is 1. The third-order valence-electron chi connectivity index (χ3n) is 5.11. The van der Waals surface area contributed by atoms with Crippen LogP contribution in [-0.4, -0.2) is 0 Å². The summed E-state index contributed by atoms with van der Waals surface area (Å²) in [5, 5.41) is 0. The van der Waals surface area contributed by atoms with Gasteiger partial charge in [-0.05, 0) is 36.3 Å². The average Bonchev–Trinajstić information content (AvgIpc) is 2.59. The molecule has 1 aromatic rings. The van der Waals surface area contributed by atoms with Crippen LogP contribution in [0.5, 0.6) is 0 Å². The first-order valence-electron chi connectivity index (χ1n) is 9.28. The second-order valence-corrected chi connectivity index (χ2v) is 7.62. The van der Waals surface area contributed by atoms with Gasteiger partial charge in [-0.3, -0.25) is 4.57 Å². The molecule has 0 amide bonds. The van der Waals surface area contributed by atoms with Gasteiger partial charge in [0, 0.05) is 0 Å². The lowest BCUT2D eigenvalue weighted by Gasteiger charge is -2.26. The summed E-state index contributed by atoms with van der Waals surface area (Å²) in [6.07, 6.45) is 14.2. The van der Waals surface area contributed by atoms with E-state index >= 15 is 0 Å². The zero-order valence-electron chi connectivity index (χ0n) is 14.1. The Hall–Kier alpha value is -0.680. The van der Waals surface area contributed by atoms with E-state index in [4.69, 9.17) is 0 Å². The molecule has 1 fully saturated rings. The highest BCUT2D eigenvalue weighted by atomic mass is 31.1. The molecule has 0 spiro atoms. The second-order valence-electron chi connectivity index (χ2n) is 6.79. The fourth-order valence-corrected chi connectivity index (χ4v) is 4.44. The minimum atomic E-state index is 0.208. The maximum Gasteiger partial charge on any atom is 0.163 e. The molecule has 0 N–H and O–H groups in total. The van der Waals surface area contributed by atoms with E-state index in [1.165, 1.54) is 75.3 Å². The number of rotatable bonds is 9. The van der Waals surface area contributed by atoms with Crippen LogP contribution in [0.4, 0.5) is 0 Å².